The standard InChI is InChI=1S/C24H33N3O2/c1-5-22(29-23-16-18(2)6-7-19(23)3)24(28)25-17-20-8-10-21(11-9-20)27-14-12-26(4)13-15-27/h6-11,16,22H,5,12-15,17H2,1-4H3,(H,25,28)/t22-/m0/s1. The Balaban J connectivity index is 1.54. The molecule has 1 saturated heterocycles. The van der Waals surface area contributed by atoms with E-state index in [1.807, 2.05) is 32.9 Å². The first-order chi connectivity index (χ1) is 14.0. The molecule has 0 radical (unpaired) electrons. The van der Waals surface area contributed by atoms with Crippen molar-refractivity contribution < 1.29 is 9.53 Å². The van der Waals surface area contributed by atoms with Crippen molar-refractivity contribution in [3.63, 3.8) is 0 Å². The Labute approximate surface area is 174 Å². The van der Waals surface area contributed by atoms with Crippen LogP contribution in [0.25, 0.3) is 0 Å². The highest BCUT2D eigenvalue weighted by Crippen LogP contribution is 2.21. The summed E-state index contributed by atoms with van der Waals surface area (Å²) in [7, 11) is 2.16. The Morgan fingerprint density at radius 1 is 1.07 bits per heavy atom. The van der Waals surface area contributed by atoms with Crippen molar-refractivity contribution in [3.8, 4) is 5.75 Å². The third-order valence-corrected chi connectivity index (χ3v) is 5.55. The third kappa shape index (κ3) is 5.73. The van der Waals surface area contributed by atoms with E-state index in [1.54, 1.807) is 0 Å². The maximum atomic E-state index is 12.6. The lowest BCUT2D eigenvalue weighted by atomic mass is 10.1. The Bertz CT molecular complexity index is 811. The van der Waals surface area contributed by atoms with Crippen LogP contribution < -0.4 is 15.0 Å². The summed E-state index contributed by atoms with van der Waals surface area (Å²) >= 11 is 0. The van der Waals surface area contributed by atoms with E-state index in [0.717, 1.165) is 48.6 Å². The molecule has 1 amide bonds. The van der Waals surface area contributed by atoms with Gasteiger partial charge in [-0.05, 0) is 62.2 Å². The minimum Gasteiger partial charge on any atom is -0.480 e. The molecule has 1 aliphatic rings. The summed E-state index contributed by atoms with van der Waals surface area (Å²) < 4.78 is 6.01. The fourth-order valence-electron chi connectivity index (χ4n) is 3.50. The molecule has 0 saturated carbocycles. The van der Waals surface area contributed by atoms with Crippen molar-refractivity contribution in [3.05, 3.63) is 59.2 Å². The van der Waals surface area contributed by atoms with E-state index >= 15 is 0 Å². The average Bonchev–Trinajstić information content (AvgIpc) is 2.73. The number of hydrogen-bond acceptors (Lipinski definition) is 4. The number of nitrogens with zero attached hydrogens (tertiary/aromatic N) is 2. The predicted molar refractivity (Wildman–Crippen MR) is 119 cm³/mol. The van der Waals surface area contributed by atoms with E-state index < -0.39 is 6.10 Å². The van der Waals surface area contributed by atoms with Gasteiger partial charge in [0.2, 0.25) is 0 Å². The number of anilines is 1. The van der Waals surface area contributed by atoms with Crippen molar-refractivity contribution in [2.45, 2.75) is 39.8 Å². The van der Waals surface area contributed by atoms with Gasteiger partial charge in [-0.1, -0.05) is 31.2 Å². The van der Waals surface area contributed by atoms with Crippen molar-refractivity contribution in [1.82, 2.24) is 10.2 Å². The molecule has 156 valence electrons. The largest absolute Gasteiger partial charge is 0.480 e. The SMILES string of the molecule is CC[C@H](Oc1cc(C)ccc1C)C(=O)NCc1ccc(N2CCN(C)CC2)cc1. The van der Waals surface area contributed by atoms with Gasteiger partial charge in [0, 0.05) is 38.4 Å². The Hall–Kier alpha value is -2.53. The molecule has 0 aromatic heterocycles. The number of piperazine rings is 1. The lowest BCUT2D eigenvalue weighted by Gasteiger charge is -2.34. The Kier molecular flexibility index (Phi) is 7.15. The fourth-order valence-corrected chi connectivity index (χ4v) is 3.50. The molecule has 29 heavy (non-hydrogen) atoms. The molecule has 5 heteroatoms. The zero-order valence-corrected chi connectivity index (χ0v) is 18.1. The molecule has 0 aliphatic carbocycles. The van der Waals surface area contributed by atoms with Gasteiger partial charge in [-0.2, -0.15) is 0 Å². The zero-order chi connectivity index (χ0) is 20.8. The van der Waals surface area contributed by atoms with Crippen LogP contribution in [-0.4, -0.2) is 50.1 Å². The third-order valence-electron chi connectivity index (χ3n) is 5.55. The number of amides is 1. The second-order valence-corrected chi connectivity index (χ2v) is 7.96. The lowest BCUT2D eigenvalue weighted by molar-refractivity contribution is -0.128. The van der Waals surface area contributed by atoms with Gasteiger partial charge < -0.3 is 19.9 Å². The van der Waals surface area contributed by atoms with E-state index in [9.17, 15) is 4.79 Å². The number of hydrogen-bond donors (Lipinski definition) is 1. The van der Waals surface area contributed by atoms with Crippen LogP contribution in [0.2, 0.25) is 0 Å². The molecule has 1 heterocycles. The second kappa shape index (κ2) is 9.79. The van der Waals surface area contributed by atoms with E-state index in [1.165, 1.54) is 5.69 Å². The summed E-state index contributed by atoms with van der Waals surface area (Å²) in [6, 6.07) is 14.6. The molecular formula is C24H33N3O2. The monoisotopic (exact) mass is 395 g/mol. The molecule has 2 aromatic carbocycles. The molecule has 5 nitrogen and oxygen atoms in total. The lowest BCUT2D eigenvalue weighted by Crippen LogP contribution is -2.44. The minimum absolute atomic E-state index is 0.0726. The first kappa shape index (κ1) is 21.2. The quantitative estimate of drug-likeness (QED) is 0.779. The van der Waals surface area contributed by atoms with Crippen molar-refractivity contribution >= 4 is 11.6 Å². The molecule has 1 N–H and O–H groups in total. The fraction of sp³-hybridized carbons (Fsp3) is 0.458. The number of carbonyl (C=O) groups is 1. The van der Waals surface area contributed by atoms with Gasteiger partial charge in [0.25, 0.3) is 5.91 Å². The number of benzene rings is 2. The summed E-state index contributed by atoms with van der Waals surface area (Å²) in [5.74, 6) is 0.708. The van der Waals surface area contributed by atoms with Crippen LogP contribution in [0.3, 0.4) is 0 Å². The van der Waals surface area contributed by atoms with Gasteiger partial charge >= 0.3 is 0 Å². The molecule has 1 fully saturated rings. The molecule has 1 aliphatic heterocycles. The number of likely N-dealkylation sites (N-methyl/N-ethyl adjacent to an activating group) is 1. The molecule has 2 aromatic rings. The summed E-state index contributed by atoms with van der Waals surface area (Å²) in [5, 5.41) is 3.02. The first-order valence-electron chi connectivity index (χ1n) is 10.5. The zero-order valence-electron chi connectivity index (χ0n) is 18.1. The van der Waals surface area contributed by atoms with E-state index in [0.29, 0.717) is 13.0 Å². The number of nitrogens with one attached hydrogen (secondary N) is 1. The summed E-state index contributed by atoms with van der Waals surface area (Å²) in [6.07, 6.45) is 0.141. The number of rotatable bonds is 7. The van der Waals surface area contributed by atoms with Gasteiger partial charge in [0.05, 0.1) is 0 Å². The summed E-state index contributed by atoms with van der Waals surface area (Å²) in [6.45, 7) is 10.8. The maximum Gasteiger partial charge on any atom is 0.261 e. The maximum absolute atomic E-state index is 12.6. The minimum atomic E-state index is -0.486. The van der Waals surface area contributed by atoms with Gasteiger partial charge in [-0.25, -0.2) is 0 Å². The van der Waals surface area contributed by atoms with E-state index in [4.69, 9.17) is 4.74 Å². The van der Waals surface area contributed by atoms with Crippen LogP contribution >= 0.6 is 0 Å². The smallest absolute Gasteiger partial charge is 0.261 e. The molecular weight excluding hydrogens is 362 g/mol. The summed E-state index contributed by atoms with van der Waals surface area (Å²) in [5.41, 5.74) is 4.51. The normalized spacial score (nSPS) is 15.8. The second-order valence-electron chi connectivity index (χ2n) is 7.96. The predicted octanol–water partition coefficient (Wildman–Crippen LogP) is 3.53. The van der Waals surface area contributed by atoms with Crippen molar-refractivity contribution in [1.29, 1.82) is 0 Å². The Morgan fingerprint density at radius 3 is 2.41 bits per heavy atom. The van der Waals surface area contributed by atoms with Crippen LogP contribution in [0.15, 0.2) is 42.5 Å². The number of carbonyl (C=O) groups excluding carboxylic acids is 1. The van der Waals surface area contributed by atoms with Gasteiger partial charge in [-0.3, -0.25) is 4.79 Å². The molecule has 3 rings (SSSR count). The van der Waals surface area contributed by atoms with Crippen LogP contribution in [0.1, 0.15) is 30.0 Å². The van der Waals surface area contributed by atoms with E-state index in [-0.39, 0.29) is 5.91 Å². The highest BCUT2D eigenvalue weighted by molar-refractivity contribution is 5.81. The summed E-state index contributed by atoms with van der Waals surface area (Å²) in [4.78, 5) is 17.4. The van der Waals surface area contributed by atoms with E-state index in [2.05, 4.69) is 52.5 Å². The van der Waals surface area contributed by atoms with Gasteiger partial charge in [-0.15, -0.1) is 0 Å². The first-order valence-corrected chi connectivity index (χ1v) is 10.5. The Morgan fingerprint density at radius 2 is 1.76 bits per heavy atom. The van der Waals surface area contributed by atoms with Gasteiger partial charge in [0.15, 0.2) is 6.10 Å². The highest BCUT2D eigenvalue weighted by Gasteiger charge is 2.19. The van der Waals surface area contributed by atoms with Crippen LogP contribution in [0.5, 0.6) is 5.75 Å². The molecule has 1 atom stereocenters. The van der Waals surface area contributed by atoms with Crippen molar-refractivity contribution in [2.75, 3.05) is 38.1 Å². The molecule has 0 spiro atoms. The topological polar surface area (TPSA) is 44.8 Å². The van der Waals surface area contributed by atoms with Crippen molar-refractivity contribution in [2.24, 2.45) is 0 Å². The van der Waals surface area contributed by atoms with Gasteiger partial charge in [0.1, 0.15) is 5.75 Å². The highest BCUT2D eigenvalue weighted by atomic mass is 16.5. The van der Waals surface area contributed by atoms with Crippen LogP contribution in [0.4, 0.5) is 5.69 Å². The number of aryl methyl sites for hydroxylation is 2. The van der Waals surface area contributed by atoms with Crippen LogP contribution in [0, 0.1) is 13.8 Å². The number of ether oxygens (including phenoxy) is 1. The molecule has 0 unspecified atom stereocenters. The van der Waals surface area contributed by atoms with Crippen LogP contribution in [-0.2, 0) is 11.3 Å². The molecule has 0 bridgehead atoms. The average molecular weight is 396 g/mol.